The van der Waals surface area contributed by atoms with Gasteiger partial charge in [0.1, 0.15) is 0 Å². The van der Waals surface area contributed by atoms with E-state index in [9.17, 15) is 4.79 Å². The number of alkyl halides is 3. The zero-order valence-electron chi connectivity index (χ0n) is 9.96. The number of Topliss-reactive ketones (excluding diaryl/α,β-unsaturated/α-hetero) is 1. The molecule has 0 bridgehead atoms. The van der Waals surface area contributed by atoms with Crippen LogP contribution in [0, 0.1) is 0 Å². The Kier molecular flexibility index (Phi) is 3.98. The maximum absolute atomic E-state index is 11.8. The van der Waals surface area contributed by atoms with Gasteiger partial charge in [0.05, 0.1) is 0 Å². The van der Waals surface area contributed by atoms with E-state index in [4.69, 9.17) is 39.5 Å². The molecule has 1 aromatic heterocycles. The molecule has 6 heteroatoms. The van der Waals surface area contributed by atoms with Crippen LogP contribution in [0.2, 0.25) is 0 Å². The predicted octanol–water partition coefficient (Wildman–Crippen LogP) is 3.57. The van der Waals surface area contributed by atoms with Crippen LogP contribution in [0.25, 0.3) is 0 Å². The van der Waals surface area contributed by atoms with Crippen LogP contribution < -0.4 is 0 Å². The number of ketones is 1. The number of hydrogen-bond donors (Lipinski definition) is 0. The zero-order chi connectivity index (χ0) is 13.4. The molecule has 1 aliphatic rings. The minimum absolute atomic E-state index is 0.0373. The fourth-order valence-electron chi connectivity index (χ4n) is 2.10. The van der Waals surface area contributed by atoms with Gasteiger partial charge in [-0.1, -0.05) is 34.8 Å². The van der Waals surface area contributed by atoms with Crippen molar-refractivity contribution < 1.29 is 9.53 Å². The highest BCUT2D eigenvalue weighted by Gasteiger charge is 2.34. The number of hydrogen-bond acceptors (Lipinski definition) is 2. The molecule has 0 amide bonds. The highest BCUT2D eigenvalue weighted by atomic mass is 35.6. The first-order valence-corrected chi connectivity index (χ1v) is 6.84. The van der Waals surface area contributed by atoms with Gasteiger partial charge in [0.25, 0.3) is 3.79 Å². The fraction of sp³-hybridized carbons (Fsp3) is 0.583. The molecular formula is C12H14Cl3NO2. The molecule has 0 radical (unpaired) electrons. The van der Waals surface area contributed by atoms with E-state index in [2.05, 4.69) is 6.92 Å². The molecule has 1 aromatic rings. The number of halogens is 3. The largest absolute Gasteiger partial charge is 0.381 e. The average molecular weight is 311 g/mol. The van der Waals surface area contributed by atoms with E-state index in [1.807, 2.05) is 10.8 Å². The number of nitrogens with zero attached hydrogens (tertiary/aromatic N) is 1. The van der Waals surface area contributed by atoms with Crippen LogP contribution in [0.15, 0.2) is 18.5 Å². The molecule has 2 heterocycles. The van der Waals surface area contributed by atoms with E-state index < -0.39 is 9.58 Å². The predicted molar refractivity (Wildman–Crippen MR) is 72.8 cm³/mol. The van der Waals surface area contributed by atoms with Crippen LogP contribution in [0.3, 0.4) is 0 Å². The van der Waals surface area contributed by atoms with Crippen LogP contribution in [-0.4, -0.2) is 27.4 Å². The summed E-state index contributed by atoms with van der Waals surface area (Å²) in [5.41, 5.74) is 0.382. The molecule has 0 spiro atoms. The maximum Gasteiger partial charge on any atom is 0.253 e. The lowest BCUT2D eigenvalue weighted by atomic mass is 9.92. The van der Waals surface area contributed by atoms with Gasteiger partial charge in [-0.05, 0) is 25.8 Å². The van der Waals surface area contributed by atoms with Crippen molar-refractivity contribution in [1.82, 2.24) is 4.57 Å². The van der Waals surface area contributed by atoms with E-state index in [1.165, 1.54) is 0 Å². The van der Waals surface area contributed by atoms with Gasteiger partial charge >= 0.3 is 0 Å². The summed E-state index contributed by atoms with van der Waals surface area (Å²) >= 11 is 16.8. The Morgan fingerprint density at radius 3 is 2.56 bits per heavy atom. The Balaban J connectivity index is 2.22. The van der Waals surface area contributed by atoms with Crippen LogP contribution in [0.5, 0.6) is 0 Å². The lowest BCUT2D eigenvalue weighted by molar-refractivity contribution is 0.0296. The van der Waals surface area contributed by atoms with Crippen molar-refractivity contribution in [3.8, 4) is 0 Å². The first-order valence-electron chi connectivity index (χ1n) is 5.71. The maximum atomic E-state index is 11.8. The SMILES string of the molecule is CC1(n2ccc(C(=O)C(Cl)(Cl)Cl)c2)CCOCC1. The Morgan fingerprint density at radius 2 is 2.00 bits per heavy atom. The lowest BCUT2D eigenvalue weighted by Crippen LogP contribution is -2.35. The Bertz CT molecular complexity index is 444. The van der Waals surface area contributed by atoms with Crippen molar-refractivity contribution in [3.63, 3.8) is 0 Å². The quantitative estimate of drug-likeness (QED) is 0.618. The second kappa shape index (κ2) is 5.04. The van der Waals surface area contributed by atoms with Gasteiger partial charge in [-0.15, -0.1) is 0 Å². The third-order valence-electron chi connectivity index (χ3n) is 3.41. The molecule has 2 rings (SSSR count). The van der Waals surface area contributed by atoms with Crippen molar-refractivity contribution >= 4 is 40.6 Å². The summed E-state index contributed by atoms with van der Waals surface area (Å²) in [5, 5.41) is 0. The van der Waals surface area contributed by atoms with E-state index in [-0.39, 0.29) is 5.54 Å². The molecule has 0 unspecified atom stereocenters. The number of ether oxygens (including phenoxy) is 1. The molecule has 0 N–H and O–H groups in total. The minimum Gasteiger partial charge on any atom is -0.381 e. The normalized spacial score (nSPS) is 19.8. The zero-order valence-corrected chi connectivity index (χ0v) is 12.2. The van der Waals surface area contributed by atoms with Gasteiger partial charge in [0.2, 0.25) is 5.78 Å². The smallest absolute Gasteiger partial charge is 0.253 e. The van der Waals surface area contributed by atoms with Gasteiger partial charge in [0.15, 0.2) is 0 Å². The highest BCUT2D eigenvalue weighted by molar-refractivity contribution is 6.77. The van der Waals surface area contributed by atoms with Gasteiger partial charge in [-0.25, -0.2) is 0 Å². The minimum atomic E-state index is -1.90. The van der Waals surface area contributed by atoms with Gasteiger partial charge in [-0.3, -0.25) is 4.79 Å². The summed E-state index contributed by atoms with van der Waals surface area (Å²) in [5.74, 6) is -0.498. The first-order chi connectivity index (χ1) is 8.33. The Hall–Kier alpha value is -0.220. The third-order valence-corrected chi connectivity index (χ3v) is 3.92. The van der Waals surface area contributed by atoms with Gasteiger partial charge in [-0.2, -0.15) is 0 Å². The number of carbonyl (C=O) groups excluding carboxylic acids is 1. The van der Waals surface area contributed by atoms with Crippen LogP contribution in [-0.2, 0) is 10.3 Å². The van der Waals surface area contributed by atoms with Gasteiger partial charge < -0.3 is 9.30 Å². The van der Waals surface area contributed by atoms with E-state index in [0.717, 1.165) is 26.1 Å². The van der Waals surface area contributed by atoms with Gasteiger partial charge in [0, 0.05) is 36.7 Å². The topological polar surface area (TPSA) is 31.2 Å². The second-order valence-corrected chi connectivity index (χ2v) is 7.02. The molecule has 1 aliphatic heterocycles. The monoisotopic (exact) mass is 309 g/mol. The molecule has 1 saturated heterocycles. The van der Waals surface area contributed by atoms with Crippen molar-refractivity contribution in [2.75, 3.05) is 13.2 Å². The first kappa shape index (κ1) is 14.2. The molecule has 0 atom stereocenters. The van der Waals surface area contributed by atoms with E-state index in [1.54, 1.807) is 12.3 Å². The number of rotatable bonds is 2. The summed E-state index contributed by atoms with van der Waals surface area (Å²) in [7, 11) is 0. The van der Waals surface area contributed by atoms with Crippen LogP contribution in [0.1, 0.15) is 30.1 Å². The van der Waals surface area contributed by atoms with E-state index >= 15 is 0 Å². The molecule has 0 aromatic carbocycles. The molecule has 0 aliphatic carbocycles. The second-order valence-electron chi connectivity index (χ2n) is 4.74. The summed E-state index contributed by atoms with van der Waals surface area (Å²) in [6.45, 7) is 3.59. The molecular weight excluding hydrogens is 296 g/mol. The van der Waals surface area contributed by atoms with Crippen molar-refractivity contribution in [1.29, 1.82) is 0 Å². The van der Waals surface area contributed by atoms with Crippen molar-refractivity contribution in [2.45, 2.75) is 29.1 Å². The summed E-state index contributed by atoms with van der Waals surface area (Å²) in [6.07, 6.45) is 5.41. The molecule has 1 fully saturated rings. The summed E-state index contributed by atoms with van der Waals surface area (Å²) < 4.78 is 5.46. The van der Waals surface area contributed by atoms with Crippen molar-refractivity contribution in [2.24, 2.45) is 0 Å². The molecule has 18 heavy (non-hydrogen) atoms. The number of aromatic nitrogens is 1. The average Bonchev–Trinajstić information content (AvgIpc) is 2.77. The Labute approximate surface area is 121 Å². The number of carbonyl (C=O) groups is 1. The third kappa shape index (κ3) is 2.85. The molecule has 0 saturated carbocycles. The standard InChI is InChI=1S/C12H14Cl3NO2/c1-11(3-6-18-7-4-11)16-5-2-9(8-16)10(17)12(13,14)15/h2,5,8H,3-4,6-7H2,1H3. The van der Waals surface area contributed by atoms with Crippen LogP contribution in [0.4, 0.5) is 0 Å². The molecule has 100 valence electrons. The van der Waals surface area contributed by atoms with Crippen molar-refractivity contribution in [3.05, 3.63) is 24.0 Å². The summed E-state index contributed by atoms with van der Waals surface area (Å²) in [6, 6.07) is 1.69. The van der Waals surface area contributed by atoms with Crippen LogP contribution >= 0.6 is 34.8 Å². The lowest BCUT2D eigenvalue weighted by Gasteiger charge is -2.35. The molecule has 3 nitrogen and oxygen atoms in total. The van der Waals surface area contributed by atoms with E-state index in [0.29, 0.717) is 5.56 Å². The fourth-order valence-corrected chi connectivity index (χ4v) is 2.43. The summed E-state index contributed by atoms with van der Waals surface area (Å²) in [4.78, 5) is 11.8. The highest BCUT2D eigenvalue weighted by Crippen LogP contribution is 2.33. The Morgan fingerprint density at radius 1 is 1.39 bits per heavy atom.